The molecule has 2 aliphatic rings. The summed E-state index contributed by atoms with van der Waals surface area (Å²) in [7, 11) is 1.95. The van der Waals surface area contributed by atoms with E-state index in [1.807, 2.05) is 29.0 Å². The second-order valence-corrected chi connectivity index (χ2v) is 6.89. The van der Waals surface area contributed by atoms with E-state index in [4.69, 9.17) is 0 Å². The van der Waals surface area contributed by atoms with Crippen LogP contribution in [0.5, 0.6) is 0 Å². The summed E-state index contributed by atoms with van der Waals surface area (Å²) in [6.07, 6.45) is 8.57. The highest BCUT2D eigenvalue weighted by Gasteiger charge is 2.27. The third-order valence-electron chi connectivity index (χ3n) is 5.02. The van der Waals surface area contributed by atoms with Crippen molar-refractivity contribution in [2.24, 2.45) is 7.05 Å². The molecule has 0 unspecified atom stereocenters. The van der Waals surface area contributed by atoms with Gasteiger partial charge < -0.3 is 4.90 Å². The summed E-state index contributed by atoms with van der Waals surface area (Å²) in [5.74, 6) is 0.304. The lowest BCUT2D eigenvalue weighted by atomic mass is 10.1. The van der Waals surface area contributed by atoms with Gasteiger partial charge in [-0.1, -0.05) is 0 Å². The molecule has 2 aromatic heterocycles. The highest BCUT2D eigenvalue weighted by molar-refractivity contribution is 5.77. The van der Waals surface area contributed by atoms with E-state index in [0.29, 0.717) is 18.4 Å². The normalized spacial score (nSPS) is 21.5. The number of carbonyl (C=O) groups excluding carboxylic acids is 1. The van der Waals surface area contributed by atoms with Crippen molar-refractivity contribution in [3.8, 4) is 0 Å². The van der Waals surface area contributed by atoms with Crippen LogP contribution >= 0.6 is 0 Å². The van der Waals surface area contributed by atoms with Crippen molar-refractivity contribution in [1.29, 1.82) is 0 Å². The van der Waals surface area contributed by atoms with Gasteiger partial charge in [-0.3, -0.25) is 19.1 Å². The quantitative estimate of drug-likeness (QED) is 0.827. The second-order valence-electron chi connectivity index (χ2n) is 6.89. The summed E-state index contributed by atoms with van der Waals surface area (Å²) < 4.78 is 4.00. The molecule has 4 rings (SSSR count). The zero-order chi connectivity index (χ0) is 16.5. The lowest BCUT2D eigenvalue weighted by Gasteiger charge is -2.34. The molecule has 0 radical (unpaired) electrons. The second kappa shape index (κ2) is 6.39. The lowest BCUT2D eigenvalue weighted by molar-refractivity contribution is -0.127. The Morgan fingerprint density at radius 2 is 2.25 bits per heavy atom. The number of hydrogen-bond acceptors (Lipinski definition) is 4. The molecule has 1 amide bonds. The number of carbonyl (C=O) groups is 1. The molecule has 1 atom stereocenters. The molecule has 0 aromatic carbocycles. The van der Waals surface area contributed by atoms with Crippen LogP contribution in [-0.4, -0.2) is 54.9 Å². The van der Waals surface area contributed by atoms with Gasteiger partial charge in [-0.15, -0.1) is 0 Å². The molecule has 0 aliphatic carbocycles. The number of fused-ring (bicyclic) bond motifs is 1. The molecule has 7 heteroatoms. The van der Waals surface area contributed by atoms with Gasteiger partial charge in [-0.25, -0.2) is 0 Å². The number of rotatable bonds is 5. The first kappa shape index (κ1) is 15.4. The van der Waals surface area contributed by atoms with E-state index in [0.717, 1.165) is 45.6 Å². The van der Waals surface area contributed by atoms with E-state index >= 15 is 0 Å². The standard InChI is InChI=1S/C17H24N6O/c1-20-10-14(9-19-20)11-21-12-15-4-6-18-23(15)16(13-21)5-8-22-7-2-3-17(22)24/h4,6,9-10,16H,2-3,5,7-8,11-13H2,1H3/t16-/m1/s1. The summed E-state index contributed by atoms with van der Waals surface area (Å²) in [6, 6.07) is 2.43. The van der Waals surface area contributed by atoms with Gasteiger partial charge in [0.05, 0.1) is 17.9 Å². The molecule has 2 aliphatic heterocycles. The Balaban J connectivity index is 1.43. The van der Waals surface area contributed by atoms with Crippen molar-refractivity contribution < 1.29 is 4.79 Å². The molecule has 7 nitrogen and oxygen atoms in total. The minimum Gasteiger partial charge on any atom is -0.343 e. The Morgan fingerprint density at radius 3 is 3.00 bits per heavy atom. The Morgan fingerprint density at radius 1 is 1.33 bits per heavy atom. The summed E-state index contributed by atoms with van der Waals surface area (Å²) in [4.78, 5) is 16.3. The number of aromatic nitrogens is 4. The number of hydrogen-bond donors (Lipinski definition) is 0. The smallest absolute Gasteiger partial charge is 0.222 e. The first-order valence-electron chi connectivity index (χ1n) is 8.69. The monoisotopic (exact) mass is 328 g/mol. The van der Waals surface area contributed by atoms with Gasteiger partial charge in [0.15, 0.2) is 0 Å². The molecule has 2 aromatic rings. The van der Waals surface area contributed by atoms with Crippen molar-refractivity contribution in [1.82, 2.24) is 29.4 Å². The summed E-state index contributed by atoms with van der Waals surface area (Å²) in [5.41, 5.74) is 2.49. The van der Waals surface area contributed by atoms with Gasteiger partial charge in [0.1, 0.15) is 0 Å². The van der Waals surface area contributed by atoms with Crippen LogP contribution in [-0.2, 0) is 24.9 Å². The van der Waals surface area contributed by atoms with Gasteiger partial charge in [0, 0.05) is 64.1 Å². The highest BCUT2D eigenvalue weighted by Crippen LogP contribution is 2.25. The van der Waals surface area contributed by atoms with Crippen LogP contribution in [0.2, 0.25) is 0 Å². The predicted octanol–water partition coefficient (Wildman–Crippen LogP) is 1.19. The maximum Gasteiger partial charge on any atom is 0.222 e. The van der Waals surface area contributed by atoms with Gasteiger partial charge in [-0.05, 0) is 18.9 Å². The van der Waals surface area contributed by atoms with Gasteiger partial charge in [0.2, 0.25) is 5.91 Å². The molecule has 1 fully saturated rings. The zero-order valence-electron chi connectivity index (χ0n) is 14.1. The van der Waals surface area contributed by atoms with Crippen LogP contribution in [0.4, 0.5) is 0 Å². The van der Waals surface area contributed by atoms with Crippen molar-refractivity contribution in [3.63, 3.8) is 0 Å². The molecule has 4 heterocycles. The molecular weight excluding hydrogens is 304 g/mol. The lowest BCUT2D eigenvalue weighted by Crippen LogP contribution is -2.39. The van der Waals surface area contributed by atoms with Gasteiger partial charge >= 0.3 is 0 Å². The largest absolute Gasteiger partial charge is 0.343 e. The van der Waals surface area contributed by atoms with Gasteiger partial charge in [0.25, 0.3) is 0 Å². The molecule has 0 bridgehead atoms. The molecule has 0 spiro atoms. The molecule has 0 N–H and O–H groups in total. The zero-order valence-corrected chi connectivity index (χ0v) is 14.1. The minimum atomic E-state index is 0.304. The van der Waals surface area contributed by atoms with Crippen LogP contribution < -0.4 is 0 Å². The SMILES string of the molecule is Cn1cc(CN2Cc3ccnn3[C@H](CCN3CCCC3=O)C2)cn1. The third kappa shape index (κ3) is 3.08. The Bertz CT molecular complexity index is 720. The van der Waals surface area contributed by atoms with Crippen molar-refractivity contribution in [2.75, 3.05) is 19.6 Å². The van der Waals surface area contributed by atoms with Crippen LogP contribution in [0.15, 0.2) is 24.7 Å². The maximum atomic E-state index is 11.8. The molecule has 1 saturated heterocycles. The maximum absolute atomic E-state index is 11.8. The Hall–Kier alpha value is -2.15. The summed E-state index contributed by atoms with van der Waals surface area (Å²) in [5, 5.41) is 8.78. The molecule has 0 saturated carbocycles. The van der Waals surface area contributed by atoms with E-state index in [1.165, 1.54) is 11.3 Å². The number of nitrogens with zero attached hydrogens (tertiary/aromatic N) is 6. The Kier molecular flexibility index (Phi) is 4.10. The fraction of sp³-hybridized carbons (Fsp3) is 0.588. The first-order valence-corrected chi connectivity index (χ1v) is 8.69. The van der Waals surface area contributed by atoms with Crippen molar-refractivity contribution in [3.05, 3.63) is 35.9 Å². The van der Waals surface area contributed by atoms with E-state index in [9.17, 15) is 4.79 Å². The van der Waals surface area contributed by atoms with Crippen LogP contribution in [0.25, 0.3) is 0 Å². The number of amides is 1. The van der Waals surface area contributed by atoms with Crippen molar-refractivity contribution >= 4 is 5.91 Å². The average molecular weight is 328 g/mol. The van der Waals surface area contributed by atoms with E-state index in [-0.39, 0.29) is 0 Å². The van der Waals surface area contributed by atoms with Gasteiger partial charge in [-0.2, -0.15) is 10.2 Å². The van der Waals surface area contributed by atoms with Crippen molar-refractivity contribution in [2.45, 2.75) is 38.4 Å². The fourth-order valence-electron chi connectivity index (χ4n) is 3.86. The number of aryl methyl sites for hydroxylation is 1. The molecular formula is C17H24N6O. The summed E-state index contributed by atoms with van der Waals surface area (Å²) >= 11 is 0. The predicted molar refractivity (Wildman–Crippen MR) is 89.0 cm³/mol. The van der Waals surface area contributed by atoms with E-state index in [2.05, 4.69) is 32.0 Å². The summed E-state index contributed by atoms with van der Waals surface area (Å²) in [6.45, 7) is 4.53. The van der Waals surface area contributed by atoms with Crippen LogP contribution in [0.1, 0.15) is 36.6 Å². The van der Waals surface area contributed by atoms with E-state index < -0.39 is 0 Å². The fourth-order valence-corrected chi connectivity index (χ4v) is 3.86. The van der Waals surface area contributed by atoms with Crippen LogP contribution in [0.3, 0.4) is 0 Å². The number of likely N-dealkylation sites (tertiary alicyclic amines) is 1. The average Bonchev–Trinajstić information content (AvgIpc) is 3.27. The third-order valence-corrected chi connectivity index (χ3v) is 5.02. The topological polar surface area (TPSA) is 59.2 Å². The molecule has 128 valence electrons. The highest BCUT2D eigenvalue weighted by atomic mass is 16.2. The molecule has 24 heavy (non-hydrogen) atoms. The van der Waals surface area contributed by atoms with E-state index in [1.54, 1.807) is 0 Å². The van der Waals surface area contributed by atoms with Crippen LogP contribution in [0, 0.1) is 0 Å². The Labute approximate surface area is 141 Å². The minimum absolute atomic E-state index is 0.304. The first-order chi connectivity index (χ1) is 11.7.